The molecule has 3 heterocycles. The fourth-order valence-corrected chi connectivity index (χ4v) is 4.94. The van der Waals surface area contributed by atoms with Gasteiger partial charge in [-0.05, 0) is 60.9 Å². The Morgan fingerprint density at radius 2 is 1.84 bits per heavy atom. The van der Waals surface area contributed by atoms with Crippen LogP contribution in [0.25, 0.3) is 27.9 Å². The maximum absolute atomic E-state index is 14.8. The van der Waals surface area contributed by atoms with E-state index < -0.39 is 11.2 Å². The van der Waals surface area contributed by atoms with Crippen molar-refractivity contribution < 1.29 is 14.3 Å². The molecular weight excluding hydrogens is 497 g/mol. The van der Waals surface area contributed by atoms with Crippen LogP contribution < -0.4 is 16.3 Å². The second-order valence-electron chi connectivity index (χ2n) is 9.58. The number of imidazole rings is 1. The third kappa shape index (κ3) is 4.35. The number of pyridine rings is 1. The van der Waals surface area contributed by atoms with Crippen LogP contribution >= 0.6 is 11.6 Å². The van der Waals surface area contributed by atoms with Gasteiger partial charge in [0, 0.05) is 49.9 Å². The number of nitrogens with two attached hydrogens (primary N) is 1. The van der Waals surface area contributed by atoms with Crippen molar-refractivity contribution in [3.8, 4) is 33.7 Å². The average Bonchev–Trinajstić information content (AvgIpc) is 3.44. The Labute approximate surface area is 217 Å². The fourth-order valence-electron chi connectivity index (χ4n) is 4.67. The minimum atomic E-state index is -0.651. The van der Waals surface area contributed by atoms with Crippen LogP contribution in [0, 0.1) is 11.2 Å². The molecule has 2 aromatic heterocycles. The summed E-state index contributed by atoms with van der Waals surface area (Å²) in [6, 6.07) is 10.8. The van der Waals surface area contributed by atoms with Crippen molar-refractivity contribution in [2.45, 2.75) is 13.3 Å². The van der Waals surface area contributed by atoms with Crippen molar-refractivity contribution in [3.05, 3.63) is 82.4 Å². The lowest BCUT2D eigenvalue weighted by atomic mass is 9.89. The molecule has 5 rings (SSSR count). The number of nitrogens with zero attached hydrogens (tertiary/aromatic N) is 4. The van der Waals surface area contributed by atoms with Crippen LogP contribution in [-0.4, -0.2) is 38.2 Å². The normalized spacial score (nSPS) is 17.4. The van der Waals surface area contributed by atoms with Gasteiger partial charge in [-0.3, -0.25) is 9.36 Å². The average molecular weight is 522 g/mol. The molecule has 0 radical (unpaired) electrons. The number of halogens is 2. The Balaban J connectivity index is 1.52. The van der Waals surface area contributed by atoms with Crippen molar-refractivity contribution in [2.75, 3.05) is 18.0 Å². The minimum Gasteiger partial charge on any atom is -0.507 e. The van der Waals surface area contributed by atoms with Gasteiger partial charge in [-0.2, -0.15) is 0 Å². The first-order chi connectivity index (χ1) is 17.6. The Morgan fingerprint density at radius 3 is 2.43 bits per heavy atom. The summed E-state index contributed by atoms with van der Waals surface area (Å²) in [7, 11) is 1.64. The van der Waals surface area contributed by atoms with Crippen LogP contribution in [0.1, 0.15) is 13.3 Å². The number of phenols is 1. The molecule has 1 amide bonds. The maximum atomic E-state index is 14.8. The predicted octanol–water partition coefficient (Wildman–Crippen LogP) is 4.10. The highest BCUT2D eigenvalue weighted by Crippen LogP contribution is 2.41. The smallest absolute Gasteiger partial charge is 0.332 e. The van der Waals surface area contributed by atoms with Gasteiger partial charge in [-0.25, -0.2) is 14.2 Å². The Hall–Kier alpha value is -4.11. The third-order valence-corrected chi connectivity index (χ3v) is 7.29. The van der Waals surface area contributed by atoms with E-state index in [4.69, 9.17) is 17.3 Å². The second kappa shape index (κ2) is 9.08. The number of primary amides is 1. The lowest BCUT2D eigenvalue weighted by Crippen LogP contribution is -2.37. The maximum Gasteiger partial charge on any atom is 0.332 e. The number of amides is 1. The van der Waals surface area contributed by atoms with E-state index in [-0.39, 0.29) is 33.5 Å². The molecule has 37 heavy (non-hydrogen) atoms. The highest BCUT2D eigenvalue weighted by atomic mass is 35.5. The summed E-state index contributed by atoms with van der Waals surface area (Å²) in [4.78, 5) is 30.5. The molecule has 10 heteroatoms. The first-order valence-electron chi connectivity index (χ1n) is 11.7. The van der Waals surface area contributed by atoms with Gasteiger partial charge in [0.05, 0.1) is 16.1 Å². The fraction of sp³-hybridized carbons (Fsp3) is 0.222. The molecular formula is C27H25ClFN5O3. The summed E-state index contributed by atoms with van der Waals surface area (Å²) in [5.74, 6) is -0.417. The van der Waals surface area contributed by atoms with E-state index in [1.807, 2.05) is 11.8 Å². The number of phenolic OH excluding ortho intramolecular Hbond substituents is 1. The number of benzene rings is 2. The number of aromatic nitrogens is 3. The van der Waals surface area contributed by atoms with Gasteiger partial charge >= 0.3 is 5.69 Å². The highest BCUT2D eigenvalue weighted by molar-refractivity contribution is 6.32. The molecule has 0 aliphatic carbocycles. The molecule has 1 saturated heterocycles. The van der Waals surface area contributed by atoms with E-state index in [9.17, 15) is 19.1 Å². The number of hydrogen-bond acceptors (Lipinski definition) is 5. The van der Waals surface area contributed by atoms with Crippen molar-refractivity contribution in [3.63, 3.8) is 0 Å². The molecule has 0 saturated carbocycles. The summed E-state index contributed by atoms with van der Waals surface area (Å²) in [6.45, 7) is 2.86. The van der Waals surface area contributed by atoms with Crippen LogP contribution in [0.5, 0.6) is 5.75 Å². The van der Waals surface area contributed by atoms with E-state index >= 15 is 0 Å². The van der Waals surface area contributed by atoms with Crippen LogP contribution in [0.4, 0.5) is 10.2 Å². The van der Waals surface area contributed by atoms with E-state index in [0.29, 0.717) is 42.1 Å². The monoisotopic (exact) mass is 521 g/mol. The molecule has 190 valence electrons. The first kappa shape index (κ1) is 24.6. The zero-order valence-electron chi connectivity index (χ0n) is 20.3. The van der Waals surface area contributed by atoms with E-state index in [0.717, 1.165) is 0 Å². The van der Waals surface area contributed by atoms with E-state index in [1.54, 1.807) is 56.0 Å². The zero-order valence-corrected chi connectivity index (χ0v) is 21.0. The largest absolute Gasteiger partial charge is 0.507 e. The van der Waals surface area contributed by atoms with Crippen LogP contribution in [0.3, 0.4) is 0 Å². The molecule has 2 aromatic carbocycles. The number of carbonyl (C=O) groups is 1. The Bertz CT molecular complexity index is 1600. The van der Waals surface area contributed by atoms with Gasteiger partial charge in [-0.1, -0.05) is 17.7 Å². The molecule has 0 spiro atoms. The quantitative estimate of drug-likeness (QED) is 0.411. The van der Waals surface area contributed by atoms with Gasteiger partial charge in [0.1, 0.15) is 17.4 Å². The van der Waals surface area contributed by atoms with Crippen LogP contribution in [0.15, 0.2) is 65.8 Å². The molecule has 0 bridgehead atoms. The van der Waals surface area contributed by atoms with E-state index in [2.05, 4.69) is 4.98 Å². The zero-order chi connectivity index (χ0) is 26.5. The Morgan fingerprint density at radius 1 is 1.14 bits per heavy atom. The van der Waals surface area contributed by atoms with Crippen molar-refractivity contribution in [1.82, 2.24) is 14.1 Å². The van der Waals surface area contributed by atoms with Gasteiger partial charge in [-0.15, -0.1) is 0 Å². The lowest BCUT2D eigenvalue weighted by molar-refractivity contribution is -0.125. The van der Waals surface area contributed by atoms with Crippen molar-refractivity contribution in [2.24, 2.45) is 18.2 Å². The summed E-state index contributed by atoms with van der Waals surface area (Å²) in [5.41, 5.74) is 6.73. The molecule has 4 aromatic rings. The summed E-state index contributed by atoms with van der Waals surface area (Å²) in [5, 5.41) is 11.5. The number of aryl methyl sites for hydroxylation is 1. The summed E-state index contributed by atoms with van der Waals surface area (Å²) < 4.78 is 17.6. The molecule has 1 atom stereocenters. The second-order valence-corrected chi connectivity index (χ2v) is 9.98. The number of hydrogen-bond donors (Lipinski definition) is 2. The van der Waals surface area contributed by atoms with Crippen LogP contribution in [-0.2, 0) is 11.8 Å². The summed E-state index contributed by atoms with van der Waals surface area (Å²) >= 11 is 6.49. The van der Waals surface area contributed by atoms with Gasteiger partial charge in [0.15, 0.2) is 0 Å². The number of anilines is 1. The predicted molar refractivity (Wildman–Crippen MR) is 140 cm³/mol. The van der Waals surface area contributed by atoms with Gasteiger partial charge < -0.3 is 20.3 Å². The number of carbonyl (C=O) groups excluding carboxylic acids is 1. The van der Waals surface area contributed by atoms with Crippen LogP contribution in [0.2, 0.25) is 5.02 Å². The highest BCUT2D eigenvalue weighted by Gasteiger charge is 2.39. The molecule has 1 unspecified atom stereocenters. The SMILES string of the molecule is Cn1ccn(-c2ccc(-c3cc(F)cc(-c4ccnc(N5CCC(C)(C(N)=O)C5)c4)c3O)cc2Cl)c1=O. The first-order valence-corrected chi connectivity index (χ1v) is 12.0. The summed E-state index contributed by atoms with van der Waals surface area (Å²) in [6.07, 6.45) is 5.42. The van der Waals surface area contributed by atoms with Gasteiger partial charge in [0.2, 0.25) is 5.91 Å². The van der Waals surface area contributed by atoms with Gasteiger partial charge in [0.25, 0.3) is 0 Å². The molecule has 3 N–H and O–H groups in total. The number of rotatable bonds is 5. The minimum absolute atomic E-state index is 0.123. The lowest BCUT2D eigenvalue weighted by Gasteiger charge is -2.22. The van der Waals surface area contributed by atoms with Crippen molar-refractivity contribution in [1.29, 1.82) is 0 Å². The topological polar surface area (TPSA) is 106 Å². The standard InChI is InChI=1S/C27H25ClFN5O3/c1-27(25(30)36)6-8-33(15-27)23-12-17(5-7-31-23)20-14-18(29)13-19(24(20)35)16-3-4-22(21(28)11-16)34-10-9-32(2)26(34)37/h3-5,7,9-14,35H,6,8,15H2,1-2H3,(H2,30,36). The molecule has 8 nitrogen and oxygen atoms in total. The molecule has 1 aliphatic heterocycles. The Kier molecular flexibility index (Phi) is 6.03. The van der Waals surface area contributed by atoms with Crippen molar-refractivity contribution >= 4 is 23.3 Å². The molecule has 1 fully saturated rings. The number of aromatic hydroxyl groups is 1. The van der Waals surface area contributed by atoms with E-state index in [1.165, 1.54) is 21.3 Å². The molecule has 1 aliphatic rings. The third-order valence-electron chi connectivity index (χ3n) is 6.99.